The maximum absolute atomic E-state index is 12.2. The summed E-state index contributed by atoms with van der Waals surface area (Å²) in [5, 5.41) is 0. The van der Waals surface area contributed by atoms with Crippen LogP contribution >= 0.6 is 22.6 Å². The molecule has 0 aliphatic carbocycles. The van der Waals surface area contributed by atoms with E-state index in [2.05, 4.69) is 22.6 Å². The second-order valence-corrected chi connectivity index (χ2v) is 6.19. The third kappa shape index (κ3) is 4.58. The number of carbonyl (C=O) groups excluding carboxylic acids is 1. The molecule has 0 unspecified atom stereocenters. The zero-order chi connectivity index (χ0) is 16.8. The molecule has 3 nitrogen and oxygen atoms in total. The second kappa shape index (κ2) is 8.15. The van der Waals surface area contributed by atoms with Gasteiger partial charge in [0.25, 0.3) is 0 Å². The van der Waals surface area contributed by atoms with E-state index >= 15 is 0 Å². The van der Waals surface area contributed by atoms with Crippen LogP contribution in [0.15, 0.2) is 42.5 Å². The Morgan fingerprint density at radius 1 is 1.22 bits per heavy atom. The van der Waals surface area contributed by atoms with Crippen molar-refractivity contribution in [3.8, 4) is 11.5 Å². The number of allylic oxidation sites excluding steroid dienone is 1. The summed E-state index contributed by atoms with van der Waals surface area (Å²) in [4.78, 5) is 12.2. The fraction of sp³-hybridized carbons (Fsp3) is 0.211. The van der Waals surface area contributed by atoms with Crippen LogP contribution in [0.2, 0.25) is 0 Å². The first kappa shape index (κ1) is 17.5. The Hall–Kier alpha value is -1.82. The molecule has 2 aromatic carbocycles. The summed E-state index contributed by atoms with van der Waals surface area (Å²) in [5.41, 5.74) is 2.72. The predicted molar refractivity (Wildman–Crippen MR) is 101 cm³/mol. The number of ketones is 1. The zero-order valence-electron chi connectivity index (χ0n) is 13.4. The normalized spacial score (nSPS) is 10.8. The molecule has 0 aliphatic heterocycles. The van der Waals surface area contributed by atoms with Crippen LogP contribution in [-0.4, -0.2) is 19.5 Å². The minimum atomic E-state index is -0.0196. The second-order valence-electron chi connectivity index (χ2n) is 5.03. The van der Waals surface area contributed by atoms with Crippen molar-refractivity contribution in [2.75, 3.05) is 13.7 Å². The molecule has 23 heavy (non-hydrogen) atoms. The van der Waals surface area contributed by atoms with Crippen molar-refractivity contribution in [2.24, 2.45) is 0 Å². The van der Waals surface area contributed by atoms with E-state index in [0.717, 1.165) is 20.4 Å². The third-order valence-corrected chi connectivity index (χ3v) is 4.10. The summed E-state index contributed by atoms with van der Waals surface area (Å²) < 4.78 is 11.9. The molecule has 0 saturated heterocycles. The van der Waals surface area contributed by atoms with Crippen LogP contribution in [0.1, 0.15) is 28.4 Å². The first-order chi connectivity index (χ1) is 11.0. The molecule has 0 spiro atoms. The molecule has 0 saturated carbocycles. The molecule has 2 aromatic rings. The lowest BCUT2D eigenvalue weighted by atomic mass is 10.1. The summed E-state index contributed by atoms with van der Waals surface area (Å²) >= 11 is 2.20. The molecule has 0 amide bonds. The molecule has 120 valence electrons. The van der Waals surface area contributed by atoms with E-state index in [4.69, 9.17) is 9.47 Å². The Bertz CT molecular complexity index is 718. The summed E-state index contributed by atoms with van der Waals surface area (Å²) in [6.07, 6.45) is 3.38. The third-order valence-electron chi connectivity index (χ3n) is 3.30. The average molecular weight is 422 g/mol. The lowest BCUT2D eigenvalue weighted by Gasteiger charge is -2.12. The topological polar surface area (TPSA) is 35.5 Å². The molecule has 0 aliphatic rings. The monoisotopic (exact) mass is 422 g/mol. The highest BCUT2D eigenvalue weighted by molar-refractivity contribution is 14.1. The van der Waals surface area contributed by atoms with E-state index < -0.39 is 0 Å². The van der Waals surface area contributed by atoms with Crippen LogP contribution in [0.3, 0.4) is 0 Å². The molecule has 4 heteroatoms. The number of halogens is 1. The number of hydrogen-bond acceptors (Lipinski definition) is 3. The van der Waals surface area contributed by atoms with Crippen molar-refractivity contribution in [2.45, 2.75) is 13.8 Å². The fourth-order valence-corrected chi connectivity index (χ4v) is 2.98. The van der Waals surface area contributed by atoms with Gasteiger partial charge in [0.05, 0.1) is 17.3 Å². The standard InChI is InChI=1S/C19H19IO3/c1-4-23-18-12-14(11-16(20)19(18)22-3)7-10-17(21)15-8-5-13(2)6-9-15/h5-12H,4H2,1-3H3/b10-7+. The number of ether oxygens (including phenoxy) is 2. The van der Waals surface area contributed by atoms with Gasteiger partial charge in [-0.25, -0.2) is 0 Å². The first-order valence-electron chi connectivity index (χ1n) is 7.34. The number of hydrogen-bond donors (Lipinski definition) is 0. The van der Waals surface area contributed by atoms with Gasteiger partial charge in [0.2, 0.25) is 0 Å². The van der Waals surface area contributed by atoms with Gasteiger partial charge < -0.3 is 9.47 Å². The molecule has 0 fully saturated rings. The Morgan fingerprint density at radius 3 is 2.52 bits per heavy atom. The summed E-state index contributed by atoms with van der Waals surface area (Å²) in [7, 11) is 1.62. The van der Waals surface area contributed by atoms with Crippen LogP contribution in [0.25, 0.3) is 6.08 Å². The van der Waals surface area contributed by atoms with Gasteiger partial charge in [-0.2, -0.15) is 0 Å². The zero-order valence-corrected chi connectivity index (χ0v) is 15.6. The summed E-state index contributed by atoms with van der Waals surface area (Å²) in [6, 6.07) is 11.4. The molecular weight excluding hydrogens is 403 g/mol. The quantitative estimate of drug-likeness (QED) is 0.377. The Kier molecular flexibility index (Phi) is 6.21. The maximum Gasteiger partial charge on any atom is 0.185 e. The van der Waals surface area contributed by atoms with E-state index in [1.165, 1.54) is 0 Å². The fourth-order valence-electron chi connectivity index (χ4n) is 2.13. The van der Waals surface area contributed by atoms with Crippen LogP contribution in [0, 0.1) is 10.5 Å². The number of carbonyl (C=O) groups is 1. The van der Waals surface area contributed by atoms with Gasteiger partial charge in [-0.15, -0.1) is 0 Å². The van der Waals surface area contributed by atoms with Crippen molar-refractivity contribution >= 4 is 34.5 Å². The molecule has 0 bridgehead atoms. The average Bonchev–Trinajstić information content (AvgIpc) is 2.53. The molecule has 2 rings (SSSR count). The molecule has 0 aromatic heterocycles. The number of rotatable bonds is 6. The van der Waals surface area contributed by atoms with Crippen LogP contribution in [0.5, 0.6) is 11.5 Å². The molecule has 0 atom stereocenters. The number of aryl methyl sites for hydroxylation is 1. The van der Waals surface area contributed by atoms with E-state index in [1.807, 2.05) is 50.2 Å². The Labute approximate surface area is 150 Å². The largest absolute Gasteiger partial charge is 0.492 e. The molecule has 0 radical (unpaired) electrons. The smallest absolute Gasteiger partial charge is 0.185 e. The van der Waals surface area contributed by atoms with Crippen molar-refractivity contribution in [1.82, 2.24) is 0 Å². The Balaban J connectivity index is 2.25. The van der Waals surface area contributed by atoms with E-state index in [1.54, 1.807) is 19.3 Å². The van der Waals surface area contributed by atoms with Gasteiger partial charge in [0.1, 0.15) is 0 Å². The Morgan fingerprint density at radius 2 is 1.91 bits per heavy atom. The van der Waals surface area contributed by atoms with Crippen LogP contribution in [-0.2, 0) is 0 Å². The minimum absolute atomic E-state index is 0.0196. The highest BCUT2D eigenvalue weighted by Crippen LogP contribution is 2.34. The van der Waals surface area contributed by atoms with Gasteiger partial charge in [0.15, 0.2) is 17.3 Å². The minimum Gasteiger partial charge on any atom is -0.492 e. The highest BCUT2D eigenvalue weighted by Gasteiger charge is 2.10. The van der Waals surface area contributed by atoms with Crippen molar-refractivity contribution in [3.63, 3.8) is 0 Å². The number of methoxy groups -OCH3 is 1. The summed E-state index contributed by atoms with van der Waals surface area (Å²) in [5.74, 6) is 1.38. The van der Waals surface area contributed by atoms with Crippen molar-refractivity contribution in [1.29, 1.82) is 0 Å². The predicted octanol–water partition coefficient (Wildman–Crippen LogP) is 4.90. The number of benzene rings is 2. The molecular formula is C19H19IO3. The molecule has 0 N–H and O–H groups in total. The van der Waals surface area contributed by atoms with Gasteiger partial charge in [-0.1, -0.05) is 35.9 Å². The maximum atomic E-state index is 12.2. The van der Waals surface area contributed by atoms with Crippen LogP contribution in [0.4, 0.5) is 0 Å². The SMILES string of the molecule is CCOc1cc(/C=C/C(=O)c2ccc(C)cc2)cc(I)c1OC. The van der Waals surface area contributed by atoms with E-state index in [-0.39, 0.29) is 5.78 Å². The van der Waals surface area contributed by atoms with Gasteiger partial charge in [-0.3, -0.25) is 4.79 Å². The van der Waals surface area contributed by atoms with E-state index in [9.17, 15) is 4.79 Å². The highest BCUT2D eigenvalue weighted by atomic mass is 127. The first-order valence-corrected chi connectivity index (χ1v) is 8.42. The lowest BCUT2D eigenvalue weighted by molar-refractivity contribution is 0.104. The van der Waals surface area contributed by atoms with Crippen molar-refractivity contribution < 1.29 is 14.3 Å². The lowest BCUT2D eigenvalue weighted by Crippen LogP contribution is -1.98. The van der Waals surface area contributed by atoms with Crippen molar-refractivity contribution in [3.05, 3.63) is 62.7 Å². The van der Waals surface area contributed by atoms with Gasteiger partial charge in [-0.05, 0) is 60.2 Å². The molecule has 0 heterocycles. The van der Waals surface area contributed by atoms with Crippen LogP contribution < -0.4 is 9.47 Å². The van der Waals surface area contributed by atoms with E-state index in [0.29, 0.717) is 17.9 Å². The van der Waals surface area contributed by atoms with Gasteiger partial charge in [0, 0.05) is 5.56 Å². The van der Waals surface area contributed by atoms with Gasteiger partial charge >= 0.3 is 0 Å². The summed E-state index contributed by atoms with van der Waals surface area (Å²) in [6.45, 7) is 4.48.